The SMILES string of the molecule is CCCCCCc1ccc2c(c1)c1cc(CCCCCC)ccc1n2CCCc1c(CCCn2c3ccc(CCCCCC)cc3c3cc(CCCCCC)ccc32)c2cccc3c4c(C#N)ccc5cccc(c(c1C#N)c23)c54. The van der Waals surface area contributed by atoms with Gasteiger partial charge in [-0.25, -0.2) is 0 Å². The maximum Gasteiger partial charge on any atom is 0.100 e. The highest BCUT2D eigenvalue weighted by atomic mass is 15.0. The van der Waals surface area contributed by atoms with Crippen LogP contribution in [0, 0.1) is 22.7 Å². The lowest BCUT2D eigenvalue weighted by Crippen LogP contribution is -2.07. The van der Waals surface area contributed by atoms with Gasteiger partial charge in [-0.3, -0.25) is 0 Å². The average Bonchev–Trinajstić information content (AvgIpc) is 3.02. The number of rotatable bonds is 28. The van der Waals surface area contributed by atoms with Crippen molar-refractivity contribution in [2.75, 3.05) is 0 Å². The fourth-order valence-corrected chi connectivity index (χ4v) is 14.1. The fourth-order valence-electron chi connectivity index (χ4n) is 14.1. The summed E-state index contributed by atoms with van der Waals surface area (Å²) in [7, 11) is 0. The molecule has 0 atom stereocenters. The largest absolute Gasteiger partial charge is 0.340 e. The first-order valence-corrected chi connectivity index (χ1v) is 31.5. The predicted molar refractivity (Wildman–Crippen MR) is 344 cm³/mol. The number of unbranched alkanes of at least 4 members (excludes halogenated alkanes) is 12. The number of aryl methyl sites for hydroxylation is 7. The summed E-state index contributed by atoms with van der Waals surface area (Å²) >= 11 is 0. The summed E-state index contributed by atoms with van der Waals surface area (Å²) in [6.45, 7) is 10.9. The molecular formula is C76H84N4. The molecule has 0 fully saturated rings. The van der Waals surface area contributed by atoms with Gasteiger partial charge in [0, 0.05) is 67.5 Å². The molecule has 0 aliphatic heterocycles. The van der Waals surface area contributed by atoms with Crippen molar-refractivity contribution in [2.45, 2.75) is 195 Å². The second kappa shape index (κ2) is 25.5. The third-order valence-corrected chi connectivity index (χ3v) is 18.3. The molecule has 0 aliphatic rings. The lowest BCUT2D eigenvalue weighted by atomic mass is 9.81. The average molecular weight is 1050 g/mol. The molecule has 9 aromatic carbocycles. The molecule has 0 saturated heterocycles. The molecule has 11 rings (SSSR count). The maximum absolute atomic E-state index is 11.7. The molecule has 0 bridgehead atoms. The van der Waals surface area contributed by atoms with Crippen LogP contribution in [-0.4, -0.2) is 9.13 Å². The lowest BCUT2D eigenvalue weighted by Gasteiger charge is -2.22. The van der Waals surface area contributed by atoms with Gasteiger partial charge in [0.25, 0.3) is 0 Å². The van der Waals surface area contributed by atoms with Crippen molar-refractivity contribution >= 4 is 86.7 Å². The van der Waals surface area contributed by atoms with E-state index in [1.54, 1.807) is 0 Å². The van der Waals surface area contributed by atoms with Gasteiger partial charge in [0.05, 0.1) is 17.2 Å². The van der Waals surface area contributed by atoms with Crippen LogP contribution in [0.4, 0.5) is 0 Å². The van der Waals surface area contributed by atoms with Gasteiger partial charge in [-0.15, -0.1) is 0 Å². The zero-order chi connectivity index (χ0) is 55.0. The van der Waals surface area contributed by atoms with Gasteiger partial charge < -0.3 is 9.13 Å². The zero-order valence-corrected chi connectivity index (χ0v) is 48.7. The van der Waals surface area contributed by atoms with E-state index in [4.69, 9.17) is 0 Å². The summed E-state index contributed by atoms with van der Waals surface area (Å²) in [4.78, 5) is 0. The van der Waals surface area contributed by atoms with Crippen LogP contribution in [0.2, 0.25) is 0 Å². The van der Waals surface area contributed by atoms with Crippen molar-refractivity contribution in [3.8, 4) is 12.1 Å². The highest BCUT2D eigenvalue weighted by Crippen LogP contribution is 2.46. The molecular weight excluding hydrogens is 969 g/mol. The Morgan fingerprint density at radius 3 is 1.16 bits per heavy atom. The third kappa shape index (κ3) is 10.9. The van der Waals surface area contributed by atoms with E-state index >= 15 is 0 Å². The fraction of sp³-hybridized carbons (Fsp3) is 0.395. The molecule has 80 heavy (non-hydrogen) atoms. The number of hydrogen-bond acceptors (Lipinski definition) is 2. The summed E-state index contributed by atoms with van der Waals surface area (Å²) in [5, 5.41) is 36.6. The highest BCUT2D eigenvalue weighted by molar-refractivity contribution is 6.35. The second-order valence-corrected chi connectivity index (χ2v) is 23.7. The monoisotopic (exact) mass is 1050 g/mol. The quantitative estimate of drug-likeness (QED) is 0.0279. The Balaban J connectivity index is 0.998. The number of nitrogens with zero attached hydrogens (tertiary/aromatic N) is 4. The summed E-state index contributed by atoms with van der Waals surface area (Å²) < 4.78 is 5.20. The van der Waals surface area contributed by atoms with E-state index in [0.717, 1.165) is 108 Å². The van der Waals surface area contributed by atoms with E-state index in [-0.39, 0.29) is 0 Å². The zero-order valence-electron chi connectivity index (χ0n) is 48.7. The van der Waals surface area contributed by atoms with Crippen LogP contribution < -0.4 is 0 Å². The number of hydrogen-bond donors (Lipinski definition) is 0. The van der Waals surface area contributed by atoms with Gasteiger partial charge in [-0.05, 0) is 197 Å². The molecule has 0 amide bonds. The molecule has 2 heterocycles. The van der Waals surface area contributed by atoms with Crippen LogP contribution in [0.5, 0.6) is 0 Å². The minimum Gasteiger partial charge on any atom is -0.340 e. The molecule has 408 valence electrons. The molecule has 4 heteroatoms. The van der Waals surface area contributed by atoms with Crippen molar-refractivity contribution in [2.24, 2.45) is 0 Å². The highest BCUT2D eigenvalue weighted by Gasteiger charge is 2.25. The van der Waals surface area contributed by atoms with Crippen LogP contribution in [-0.2, 0) is 51.6 Å². The van der Waals surface area contributed by atoms with Crippen molar-refractivity contribution in [1.82, 2.24) is 9.13 Å². The lowest BCUT2D eigenvalue weighted by molar-refractivity contribution is 0.658. The summed E-state index contributed by atoms with van der Waals surface area (Å²) in [5.74, 6) is 0. The van der Waals surface area contributed by atoms with Crippen molar-refractivity contribution < 1.29 is 0 Å². The van der Waals surface area contributed by atoms with Gasteiger partial charge >= 0.3 is 0 Å². The molecule has 2 aromatic heterocycles. The van der Waals surface area contributed by atoms with Gasteiger partial charge in [0.1, 0.15) is 6.07 Å². The Hall–Kier alpha value is -7.14. The minimum atomic E-state index is 0.685. The van der Waals surface area contributed by atoms with Crippen LogP contribution in [0.15, 0.2) is 121 Å². The van der Waals surface area contributed by atoms with E-state index < -0.39 is 0 Å². The van der Waals surface area contributed by atoms with Gasteiger partial charge in [-0.1, -0.05) is 171 Å². The number of benzene rings is 9. The van der Waals surface area contributed by atoms with Crippen LogP contribution in [0.1, 0.15) is 188 Å². The van der Waals surface area contributed by atoms with E-state index in [1.807, 2.05) is 6.07 Å². The number of fused-ring (bicyclic) bond motifs is 8. The number of aromatic nitrogens is 2. The van der Waals surface area contributed by atoms with Crippen molar-refractivity contribution in [3.63, 3.8) is 0 Å². The second-order valence-electron chi connectivity index (χ2n) is 23.7. The maximum atomic E-state index is 11.7. The first-order chi connectivity index (χ1) is 39.5. The van der Waals surface area contributed by atoms with Crippen molar-refractivity contribution in [1.29, 1.82) is 10.5 Å². The van der Waals surface area contributed by atoms with E-state index in [2.05, 4.69) is 164 Å². The standard InChI is InChI=1S/C76H84N4/c1-5-9-13-17-25-53-35-41-69-64(47-53)65-48-54(26-18-14-10-6-2)36-42-70(65)79(69)45-23-33-59-60(68(52-78)76-62-31-21-29-57-39-40-58(51-77)74(73(57)62)63-32-22-30-61(59)75(63)76)34-24-46-80-71-43-37-55(27-19-15-11-7-3)49-66(71)67-50-56(38-44-72(67)80)28-20-16-12-8-4/h21-22,29-32,35-44,47-50H,5-20,23-28,33-34,45-46H2,1-4H3. The van der Waals surface area contributed by atoms with Gasteiger partial charge in [0.15, 0.2) is 0 Å². The molecule has 0 unspecified atom stereocenters. The summed E-state index contributed by atoms with van der Waals surface area (Å²) in [6.07, 6.45) is 28.2. The summed E-state index contributed by atoms with van der Waals surface area (Å²) in [6, 6.07) is 52.0. The van der Waals surface area contributed by atoms with E-state index in [9.17, 15) is 10.5 Å². The number of nitriles is 2. The summed E-state index contributed by atoms with van der Waals surface area (Å²) in [5.41, 5.74) is 15.0. The van der Waals surface area contributed by atoms with E-state index in [0.29, 0.717) is 5.56 Å². The Labute approximate surface area is 476 Å². The van der Waals surface area contributed by atoms with Crippen LogP contribution >= 0.6 is 0 Å². The van der Waals surface area contributed by atoms with Gasteiger partial charge in [0.2, 0.25) is 0 Å². The predicted octanol–water partition coefficient (Wildman–Crippen LogP) is 21.5. The third-order valence-electron chi connectivity index (χ3n) is 18.3. The first kappa shape index (κ1) is 54.8. The topological polar surface area (TPSA) is 57.4 Å². The molecule has 0 spiro atoms. The molecule has 0 aliphatic carbocycles. The Kier molecular flexibility index (Phi) is 17.5. The molecule has 0 N–H and O–H groups in total. The van der Waals surface area contributed by atoms with E-state index in [1.165, 1.54) is 185 Å². The first-order valence-electron chi connectivity index (χ1n) is 31.5. The Morgan fingerprint density at radius 2 is 0.738 bits per heavy atom. The molecule has 4 nitrogen and oxygen atoms in total. The normalized spacial score (nSPS) is 12.0. The molecule has 11 aromatic rings. The molecule has 0 saturated carbocycles. The Morgan fingerprint density at radius 1 is 0.325 bits per heavy atom. The van der Waals surface area contributed by atoms with Crippen molar-refractivity contribution in [3.05, 3.63) is 166 Å². The Bertz CT molecular complexity index is 3910. The smallest absolute Gasteiger partial charge is 0.100 e. The van der Waals surface area contributed by atoms with Gasteiger partial charge in [-0.2, -0.15) is 10.5 Å². The minimum absolute atomic E-state index is 0.685. The molecule has 0 radical (unpaired) electrons. The van der Waals surface area contributed by atoms with Crippen LogP contribution in [0.25, 0.3) is 86.7 Å². The van der Waals surface area contributed by atoms with Crippen LogP contribution in [0.3, 0.4) is 0 Å².